The Morgan fingerprint density at radius 2 is 2.08 bits per heavy atom. The number of hydrogen-bond acceptors (Lipinski definition) is 3. The summed E-state index contributed by atoms with van der Waals surface area (Å²) in [4.78, 5) is 17.3. The van der Waals surface area contributed by atoms with Crippen LogP contribution in [0.1, 0.15) is 23.2 Å². The maximum Gasteiger partial charge on any atom is 0.417 e. The topological polar surface area (TPSA) is 79.5 Å². The molecule has 26 heavy (non-hydrogen) atoms. The number of anilines is 2. The zero-order valence-corrected chi connectivity index (χ0v) is 14.2. The highest BCUT2D eigenvalue weighted by Gasteiger charge is 2.34. The van der Waals surface area contributed by atoms with Crippen LogP contribution in [-0.2, 0) is 19.0 Å². The summed E-state index contributed by atoms with van der Waals surface area (Å²) in [5.41, 5.74) is 5.90. The van der Waals surface area contributed by atoms with Crippen LogP contribution < -0.4 is 10.6 Å². The number of benzene rings is 1. The average molecular weight is 386 g/mol. The van der Waals surface area contributed by atoms with Crippen molar-refractivity contribution in [1.29, 1.82) is 0 Å². The highest BCUT2D eigenvalue weighted by Crippen LogP contribution is 2.39. The second-order valence-electron chi connectivity index (χ2n) is 5.99. The Balaban J connectivity index is 2.15. The SMILES string of the molecule is NC(=O)N(c1ccc(Cl)c(C(F)(F)F)c1)c1ccnc2c1CC(O)CC2. The Morgan fingerprint density at radius 1 is 1.35 bits per heavy atom. The van der Waals surface area contributed by atoms with Crippen molar-refractivity contribution in [1.82, 2.24) is 4.98 Å². The minimum Gasteiger partial charge on any atom is -0.393 e. The molecule has 0 saturated carbocycles. The van der Waals surface area contributed by atoms with Crippen molar-refractivity contribution in [3.63, 3.8) is 0 Å². The van der Waals surface area contributed by atoms with Gasteiger partial charge in [-0.2, -0.15) is 13.2 Å². The predicted molar refractivity (Wildman–Crippen MR) is 90.4 cm³/mol. The minimum absolute atomic E-state index is 0.0670. The maximum absolute atomic E-state index is 13.2. The molecule has 2 aromatic rings. The summed E-state index contributed by atoms with van der Waals surface area (Å²) in [5.74, 6) is 0. The van der Waals surface area contributed by atoms with E-state index in [0.29, 0.717) is 29.8 Å². The molecule has 1 aromatic carbocycles. The van der Waals surface area contributed by atoms with Crippen LogP contribution in [0.2, 0.25) is 5.02 Å². The van der Waals surface area contributed by atoms with Crippen molar-refractivity contribution in [2.24, 2.45) is 5.73 Å². The summed E-state index contributed by atoms with van der Waals surface area (Å²) >= 11 is 5.65. The molecule has 5 nitrogen and oxygen atoms in total. The molecule has 0 spiro atoms. The van der Waals surface area contributed by atoms with Crippen molar-refractivity contribution in [2.45, 2.75) is 31.5 Å². The third kappa shape index (κ3) is 3.47. The lowest BCUT2D eigenvalue weighted by atomic mass is 9.92. The van der Waals surface area contributed by atoms with E-state index in [1.165, 1.54) is 18.3 Å². The molecular weight excluding hydrogens is 371 g/mol. The van der Waals surface area contributed by atoms with E-state index in [0.717, 1.165) is 17.0 Å². The van der Waals surface area contributed by atoms with E-state index in [9.17, 15) is 23.1 Å². The van der Waals surface area contributed by atoms with E-state index < -0.39 is 28.9 Å². The number of primary amides is 1. The second kappa shape index (κ2) is 6.77. The zero-order valence-electron chi connectivity index (χ0n) is 13.4. The van der Waals surface area contributed by atoms with Gasteiger partial charge in [0, 0.05) is 23.9 Å². The number of carbonyl (C=O) groups excluding carboxylic acids is 1. The first-order chi connectivity index (χ1) is 12.2. The highest BCUT2D eigenvalue weighted by atomic mass is 35.5. The standard InChI is InChI=1S/C17H15ClF3N3O2/c18-13-3-1-9(7-12(13)17(19,20)21)24(16(22)26)15-5-6-23-14-4-2-10(25)8-11(14)15/h1,3,5-7,10,25H,2,4,8H2,(H2,22,26). The Bertz CT molecular complexity index is 858. The van der Waals surface area contributed by atoms with Crippen LogP contribution in [-0.4, -0.2) is 22.2 Å². The molecule has 0 saturated heterocycles. The first-order valence-electron chi connectivity index (χ1n) is 7.79. The number of aromatic nitrogens is 1. The summed E-state index contributed by atoms with van der Waals surface area (Å²) in [5, 5.41) is 9.46. The molecule has 9 heteroatoms. The molecule has 1 aromatic heterocycles. The quantitative estimate of drug-likeness (QED) is 0.824. The third-order valence-electron chi connectivity index (χ3n) is 4.25. The van der Waals surface area contributed by atoms with E-state index in [1.807, 2.05) is 0 Å². The van der Waals surface area contributed by atoms with Gasteiger partial charge in [-0.15, -0.1) is 0 Å². The second-order valence-corrected chi connectivity index (χ2v) is 6.39. The number of aryl methyl sites for hydroxylation is 1. The number of urea groups is 1. The van der Waals surface area contributed by atoms with Crippen molar-refractivity contribution in [3.8, 4) is 0 Å². The first-order valence-corrected chi connectivity index (χ1v) is 8.17. The van der Waals surface area contributed by atoms with E-state index in [2.05, 4.69) is 4.98 Å². The Kier molecular flexibility index (Phi) is 4.81. The number of alkyl halides is 3. The van der Waals surface area contributed by atoms with Crippen LogP contribution in [0.5, 0.6) is 0 Å². The zero-order chi connectivity index (χ0) is 19.1. The molecule has 1 aliphatic carbocycles. The van der Waals surface area contributed by atoms with Crippen LogP contribution in [0.25, 0.3) is 0 Å². The Hall–Kier alpha value is -2.32. The number of aliphatic hydroxyl groups is 1. The number of hydrogen-bond donors (Lipinski definition) is 2. The predicted octanol–water partition coefficient (Wildman–Crippen LogP) is 3.82. The van der Waals surface area contributed by atoms with Crippen molar-refractivity contribution in [2.75, 3.05) is 4.90 Å². The summed E-state index contributed by atoms with van der Waals surface area (Å²) in [6.45, 7) is 0. The molecular formula is C17H15ClF3N3O2. The molecule has 0 radical (unpaired) electrons. The number of carbonyl (C=O) groups is 1. The molecule has 0 bridgehead atoms. The number of aliphatic hydroxyl groups excluding tert-OH is 1. The van der Waals surface area contributed by atoms with Crippen LogP contribution in [0.4, 0.5) is 29.3 Å². The minimum atomic E-state index is -4.68. The smallest absolute Gasteiger partial charge is 0.393 e. The fraction of sp³-hybridized carbons (Fsp3) is 0.294. The van der Waals surface area contributed by atoms with Gasteiger partial charge in [0.05, 0.1) is 28.1 Å². The van der Waals surface area contributed by atoms with E-state index >= 15 is 0 Å². The summed E-state index contributed by atoms with van der Waals surface area (Å²) in [6.07, 6.45) is -2.56. The van der Waals surface area contributed by atoms with Gasteiger partial charge in [0.15, 0.2) is 0 Å². The largest absolute Gasteiger partial charge is 0.417 e. The van der Waals surface area contributed by atoms with Crippen LogP contribution in [0.3, 0.4) is 0 Å². The molecule has 0 aliphatic heterocycles. The van der Waals surface area contributed by atoms with Gasteiger partial charge in [-0.1, -0.05) is 11.6 Å². The Morgan fingerprint density at radius 3 is 2.73 bits per heavy atom. The van der Waals surface area contributed by atoms with E-state index in [-0.39, 0.29) is 12.1 Å². The number of amides is 2. The van der Waals surface area contributed by atoms with Crippen molar-refractivity contribution in [3.05, 3.63) is 52.3 Å². The number of fused-ring (bicyclic) bond motifs is 1. The lowest BCUT2D eigenvalue weighted by Crippen LogP contribution is -2.34. The molecule has 2 amide bonds. The maximum atomic E-state index is 13.2. The summed E-state index contributed by atoms with van der Waals surface area (Å²) < 4.78 is 39.5. The van der Waals surface area contributed by atoms with Crippen LogP contribution in [0, 0.1) is 0 Å². The fourth-order valence-electron chi connectivity index (χ4n) is 3.07. The fourth-order valence-corrected chi connectivity index (χ4v) is 3.29. The van der Waals surface area contributed by atoms with Gasteiger partial charge in [0.2, 0.25) is 0 Å². The summed E-state index contributed by atoms with van der Waals surface area (Å²) in [7, 11) is 0. The van der Waals surface area contributed by atoms with Crippen molar-refractivity contribution >= 4 is 29.0 Å². The number of nitrogens with two attached hydrogens (primary N) is 1. The molecule has 1 unspecified atom stereocenters. The molecule has 1 aliphatic rings. The average Bonchev–Trinajstić information content (AvgIpc) is 2.55. The van der Waals surface area contributed by atoms with Crippen LogP contribution in [0.15, 0.2) is 30.5 Å². The van der Waals surface area contributed by atoms with Crippen LogP contribution >= 0.6 is 11.6 Å². The first kappa shape index (κ1) is 18.5. The molecule has 138 valence electrons. The van der Waals surface area contributed by atoms with Gasteiger partial charge >= 0.3 is 12.2 Å². The van der Waals surface area contributed by atoms with Gasteiger partial charge in [-0.05, 0) is 37.1 Å². The van der Waals surface area contributed by atoms with Gasteiger partial charge < -0.3 is 10.8 Å². The third-order valence-corrected chi connectivity index (χ3v) is 4.58. The summed E-state index contributed by atoms with van der Waals surface area (Å²) in [6, 6.07) is 3.67. The van der Waals surface area contributed by atoms with Crippen molar-refractivity contribution < 1.29 is 23.1 Å². The molecule has 3 rings (SSSR count). The van der Waals surface area contributed by atoms with Gasteiger partial charge in [0.25, 0.3) is 0 Å². The van der Waals surface area contributed by atoms with Gasteiger partial charge in [-0.25, -0.2) is 4.79 Å². The lowest BCUT2D eigenvalue weighted by molar-refractivity contribution is -0.137. The van der Waals surface area contributed by atoms with Gasteiger partial charge in [0.1, 0.15) is 0 Å². The normalized spacial score (nSPS) is 16.9. The monoisotopic (exact) mass is 385 g/mol. The van der Waals surface area contributed by atoms with E-state index in [1.54, 1.807) is 0 Å². The molecule has 0 fully saturated rings. The lowest BCUT2D eigenvalue weighted by Gasteiger charge is -2.28. The highest BCUT2D eigenvalue weighted by molar-refractivity contribution is 6.31. The molecule has 1 heterocycles. The number of nitrogens with zero attached hydrogens (tertiary/aromatic N) is 2. The Labute approximate surface area is 152 Å². The number of halogens is 4. The van der Waals surface area contributed by atoms with E-state index in [4.69, 9.17) is 17.3 Å². The van der Waals surface area contributed by atoms with Gasteiger partial charge in [-0.3, -0.25) is 9.88 Å². The number of pyridine rings is 1. The number of rotatable bonds is 2. The molecule has 1 atom stereocenters. The molecule has 3 N–H and O–H groups in total.